The fourth-order valence-electron chi connectivity index (χ4n) is 3.40. The lowest BCUT2D eigenvalue weighted by Crippen LogP contribution is -2.42. The fraction of sp³-hybridized carbons (Fsp3) is 0.227. The van der Waals surface area contributed by atoms with Crippen molar-refractivity contribution in [3.05, 3.63) is 80.3 Å². The number of aliphatic hydroxyl groups excluding tert-OH is 1. The maximum Gasteiger partial charge on any atom is 0.266 e. The Balaban J connectivity index is 1.63. The summed E-state index contributed by atoms with van der Waals surface area (Å²) in [4.78, 5) is 17.4. The van der Waals surface area contributed by atoms with E-state index < -0.39 is 6.10 Å². The number of aromatic nitrogens is 2. The molecule has 1 aliphatic carbocycles. The smallest absolute Gasteiger partial charge is 0.266 e. The van der Waals surface area contributed by atoms with Crippen LogP contribution in [-0.4, -0.2) is 33.0 Å². The second-order valence-corrected chi connectivity index (χ2v) is 8.14. The Labute approximate surface area is 189 Å². The molecule has 1 aliphatic rings. The molecule has 3 aromatic rings. The fourth-order valence-corrected chi connectivity index (χ4v) is 3.80. The van der Waals surface area contributed by atoms with Crippen LogP contribution in [0.15, 0.2) is 53.6 Å². The molecule has 0 amide bonds. The van der Waals surface area contributed by atoms with Gasteiger partial charge in [0, 0.05) is 30.0 Å². The van der Waals surface area contributed by atoms with E-state index in [9.17, 15) is 9.90 Å². The predicted octanol–water partition coefficient (Wildman–Crippen LogP) is 4.08. The molecule has 7 nitrogen and oxygen atoms in total. The molecule has 4 rings (SSSR count). The molecule has 0 radical (unpaired) electrons. The molecule has 0 unspecified atom stereocenters. The predicted molar refractivity (Wildman–Crippen MR) is 124 cm³/mol. The van der Waals surface area contributed by atoms with Crippen molar-refractivity contribution in [2.45, 2.75) is 31.5 Å². The van der Waals surface area contributed by atoms with Crippen molar-refractivity contribution < 1.29 is 5.11 Å². The highest BCUT2D eigenvalue weighted by Gasteiger charge is 2.29. The summed E-state index contributed by atoms with van der Waals surface area (Å²) in [5.41, 5.74) is 1.67. The van der Waals surface area contributed by atoms with E-state index in [0.29, 0.717) is 33.8 Å². The summed E-state index contributed by atoms with van der Waals surface area (Å²) < 4.78 is 1.38. The lowest BCUT2D eigenvalue weighted by atomic mass is 9.89. The molecular weight excluding hydrogens is 437 g/mol. The van der Waals surface area contributed by atoms with Crippen LogP contribution >= 0.6 is 23.2 Å². The SMILES string of the molecule is N=Cc1c(NCc2ccccc2Cl)ccn(-c2cc(N[C@H]3CC[C@@H]3O)ncc2Cl)c1=O. The quantitative estimate of drug-likeness (QED) is 0.400. The highest BCUT2D eigenvalue weighted by molar-refractivity contribution is 6.32. The van der Waals surface area contributed by atoms with Gasteiger partial charge in [0.2, 0.25) is 0 Å². The topological polar surface area (TPSA) is 103 Å². The number of pyridine rings is 2. The van der Waals surface area contributed by atoms with Crippen molar-refractivity contribution in [2.24, 2.45) is 0 Å². The number of aliphatic hydroxyl groups is 1. The first-order valence-electron chi connectivity index (χ1n) is 9.82. The van der Waals surface area contributed by atoms with E-state index in [2.05, 4.69) is 15.6 Å². The Morgan fingerprint density at radius 2 is 2.03 bits per heavy atom. The Morgan fingerprint density at radius 3 is 2.71 bits per heavy atom. The molecule has 4 N–H and O–H groups in total. The summed E-state index contributed by atoms with van der Waals surface area (Å²) in [5.74, 6) is 0.521. The van der Waals surface area contributed by atoms with Gasteiger partial charge in [0.1, 0.15) is 5.82 Å². The van der Waals surface area contributed by atoms with Gasteiger partial charge < -0.3 is 21.1 Å². The van der Waals surface area contributed by atoms with Crippen LogP contribution in [0.1, 0.15) is 24.0 Å². The molecule has 0 saturated heterocycles. The van der Waals surface area contributed by atoms with Crippen LogP contribution in [0.3, 0.4) is 0 Å². The molecule has 160 valence electrons. The molecule has 0 spiro atoms. The minimum atomic E-state index is -0.406. The highest BCUT2D eigenvalue weighted by Crippen LogP contribution is 2.27. The summed E-state index contributed by atoms with van der Waals surface area (Å²) in [5, 5.41) is 24.8. The monoisotopic (exact) mass is 457 g/mol. The second kappa shape index (κ2) is 9.09. The molecule has 1 saturated carbocycles. The van der Waals surface area contributed by atoms with Crippen LogP contribution in [-0.2, 0) is 6.54 Å². The van der Waals surface area contributed by atoms with Gasteiger partial charge in [-0.05, 0) is 30.5 Å². The average Bonchev–Trinajstić information content (AvgIpc) is 2.77. The van der Waals surface area contributed by atoms with Crippen LogP contribution in [0.2, 0.25) is 10.0 Å². The summed E-state index contributed by atoms with van der Waals surface area (Å²) in [6, 6.07) is 10.8. The van der Waals surface area contributed by atoms with Gasteiger partial charge in [-0.25, -0.2) is 4.98 Å². The van der Waals surface area contributed by atoms with Gasteiger partial charge in [-0.3, -0.25) is 9.36 Å². The minimum Gasteiger partial charge on any atom is -0.391 e. The first-order valence-corrected chi connectivity index (χ1v) is 10.6. The molecule has 2 heterocycles. The minimum absolute atomic E-state index is 0.0632. The van der Waals surface area contributed by atoms with E-state index in [1.54, 1.807) is 24.4 Å². The molecule has 0 aliphatic heterocycles. The van der Waals surface area contributed by atoms with E-state index >= 15 is 0 Å². The van der Waals surface area contributed by atoms with Crippen LogP contribution in [0, 0.1) is 5.41 Å². The van der Waals surface area contributed by atoms with Gasteiger partial charge >= 0.3 is 0 Å². The first-order chi connectivity index (χ1) is 15.0. The Hall–Kier alpha value is -2.87. The normalized spacial score (nSPS) is 17.6. The third kappa shape index (κ3) is 4.44. The van der Waals surface area contributed by atoms with Crippen molar-refractivity contribution in [1.29, 1.82) is 5.41 Å². The molecule has 0 bridgehead atoms. The number of anilines is 2. The van der Waals surface area contributed by atoms with Crippen molar-refractivity contribution in [2.75, 3.05) is 10.6 Å². The number of nitrogens with zero attached hydrogens (tertiary/aromatic N) is 2. The summed E-state index contributed by atoms with van der Waals surface area (Å²) >= 11 is 12.5. The zero-order chi connectivity index (χ0) is 22.0. The van der Waals surface area contributed by atoms with Gasteiger partial charge in [-0.2, -0.15) is 0 Å². The third-order valence-electron chi connectivity index (χ3n) is 5.37. The van der Waals surface area contributed by atoms with Gasteiger partial charge in [0.25, 0.3) is 5.56 Å². The molecule has 2 aromatic heterocycles. The van der Waals surface area contributed by atoms with Crippen LogP contribution in [0.25, 0.3) is 5.69 Å². The average molecular weight is 458 g/mol. The van der Waals surface area contributed by atoms with Crippen molar-refractivity contribution in [3.8, 4) is 5.69 Å². The Bertz CT molecular complexity index is 1180. The lowest BCUT2D eigenvalue weighted by molar-refractivity contribution is 0.0784. The standard InChI is InChI=1S/C22H21Cl2N5O2/c23-15-4-2-1-3-13(15)11-26-17-7-8-29(22(31)14(17)10-25)19-9-21(27-12-16(19)24)28-18-5-6-20(18)30/h1-4,7-10,12,18,20,25-26,30H,5-6,11H2,(H,27,28)/t18-,20-/m0/s1. The maximum atomic E-state index is 13.1. The lowest BCUT2D eigenvalue weighted by Gasteiger charge is -2.33. The van der Waals surface area contributed by atoms with Gasteiger partial charge in [-0.15, -0.1) is 0 Å². The van der Waals surface area contributed by atoms with Crippen LogP contribution in [0.4, 0.5) is 11.5 Å². The molecule has 2 atom stereocenters. The van der Waals surface area contributed by atoms with E-state index in [1.165, 1.54) is 10.8 Å². The number of hydrogen-bond donors (Lipinski definition) is 4. The second-order valence-electron chi connectivity index (χ2n) is 7.32. The first kappa shape index (κ1) is 21.4. The van der Waals surface area contributed by atoms with E-state index in [4.69, 9.17) is 28.6 Å². The van der Waals surface area contributed by atoms with Gasteiger partial charge in [-0.1, -0.05) is 41.4 Å². The largest absolute Gasteiger partial charge is 0.391 e. The summed E-state index contributed by atoms with van der Waals surface area (Å²) in [6.45, 7) is 0.414. The van der Waals surface area contributed by atoms with E-state index in [0.717, 1.165) is 24.6 Å². The van der Waals surface area contributed by atoms with Crippen molar-refractivity contribution >= 4 is 40.9 Å². The number of nitrogens with one attached hydrogen (secondary N) is 3. The molecule has 1 aromatic carbocycles. The van der Waals surface area contributed by atoms with Crippen molar-refractivity contribution in [3.63, 3.8) is 0 Å². The number of rotatable bonds is 7. The van der Waals surface area contributed by atoms with Gasteiger partial charge in [0.15, 0.2) is 0 Å². The highest BCUT2D eigenvalue weighted by atomic mass is 35.5. The number of benzene rings is 1. The maximum absolute atomic E-state index is 13.1. The summed E-state index contributed by atoms with van der Waals surface area (Å²) in [7, 11) is 0. The van der Waals surface area contributed by atoms with Crippen LogP contribution < -0.4 is 16.2 Å². The van der Waals surface area contributed by atoms with Crippen molar-refractivity contribution in [1.82, 2.24) is 9.55 Å². The Kier molecular flexibility index (Phi) is 6.27. The number of halogens is 2. The zero-order valence-electron chi connectivity index (χ0n) is 16.5. The molecular formula is C22H21Cl2N5O2. The molecule has 9 heteroatoms. The van der Waals surface area contributed by atoms with E-state index in [1.807, 2.05) is 18.2 Å². The molecule has 1 fully saturated rings. The molecule has 31 heavy (non-hydrogen) atoms. The zero-order valence-corrected chi connectivity index (χ0v) is 18.0. The van der Waals surface area contributed by atoms with Gasteiger partial charge in [0.05, 0.1) is 40.3 Å². The van der Waals surface area contributed by atoms with E-state index in [-0.39, 0.29) is 17.2 Å². The third-order valence-corrected chi connectivity index (χ3v) is 6.03. The van der Waals surface area contributed by atoms with Crippen LogP contribution in [0.5, 0.6) is 0 Å². The summed E-state index contributed by atoms with van der Waals surface area (Å²) in [6.07, 6.45) is 5.29. The number of hydrogen-bond acceptors (Lipinski definition) is 6. The Morgan fingerprint density at radius 1 is 1.23 bits per heavy atom.